The van der Waals surface area contributed by atoms with Crippen molar-refractivity contribution in [2.75, 3.05) is 18.0 Å². The van der Waals surface area contributed by atoms with Gasteiger partial charge in [-0.15, -0.1) is 0 Å². The summed E-state index contributed by atoms with van der Waals surface area (Å²) >= 11 is 3.30. The number of anilines is 1. The summed E-state index contributed by atoms with van der Waals surface area (Å²) in [7, 11) is 0. The van der Waals surface area contributed by atoms with Crippen LogP contribution in [-0.4, -0.2) is 30.3 Å². The second-order valence-electron chi connectivity index (χ2n) is 4.75. The first-order valence-electron chi connectivity index (χ1n) is 6.43. The molecule has 0 bridgehead atoms. The SMILES string of the molecule is CCNCc1cc(Br)cnc1N(CC(F)(F)F)C(C)C. The second-order valence-corrected chi connectivity index (χ2v) is 5.67. The molecule has 0 aromatic carbocycles. The van der Waals surface area contributed by atoms with Crippen LogP contribution in [0.15, 0.2) is 16.7 Å². The zero-order valence-electron chi connectivity index (χ0n) is 11.8. The summed E-state index contributed by atoms with van der Waals surface area (Å²) in [6.45, 7) is 5.63. The number of hydrogen-bond acceptors (Lipinski definition) is 3. The van der Waals surface area contributed by atoms with Crippen molar-refractivity contribution in [2.24, 2.45) is 0 Å². The fourth-order valence-electron chi connectivity index (χ4n) is 1.82. The van der Waals surface area contributed by atoms with Gasteiger partial charge in [0.05, 0.1) is 0 Å². The number of hydrogen-bond donors (Lipinski definition) is 1. The summed E-state index contributed by atoms with van der Waals surface area (Å²) in [6, 6.07) is 1.52. The maximum absolute atomic E-state index is 12.7. The van der Waals surface area contributed by atoms with Crippen LogP contribution in [0, 0.1) is 0 Å². The minimum atomic E-state index is -4.26. The van der Waals surface area contributed by atoms with Gasteiger partial charge in [0.1, 0.15) is 12.4 Å². The first kappa shape index (κ1) is 17.2. The number of pyridine rings is 1. The quantitative estimate of drug-likeness (QED) is 0.844. The molecule has 114 valence electrons. The van der Waals surface area contributed by atoms with E-state index in [9.17, 15) is 13.2 Å². The summed E-state index contributed by atoms with van der Waals surface area (Å²) < 4.78 is 38.9. The molecular weight excluding hydrogens is 335 g/mol. The fraction of sp³-hybridized carbons (Fsp3) is 0.615. The molecule has 0 spiro atoms. The summed E-state index contributed by atoms with van der Waals surface area (Å²) in [5.74, 6) is 0.376. The molecule has 0 fully saturated rings. The Bertz CT molecular complexity index is 435. The van der Waals surface area contributed by atoms with Crippen molar-refractivity contribution in [1.82, 2.24) is 10.3 Å². The molecule has 0 saturated carbocycles. The van der Waals surface area contributed by atoms with Crippen LogP contribution in [0.25, 0.3) is 0 Å². The van der Waals surface area contributed by atoms with Gasteiger partial charge in [0, 0.05) is 28.8 Å². The minimum Gasteiger partial charge on any atom is -0.345 e. The lowest BCUT2D eigenvalue weighted by molar-refractivity contribution is -0.120. The van der Waals surface area contributed by atoms with E-state index in [1.54, 1.807) is 19.9 Å². The van der Waals surface area contributed by atoms with Gasteiger partial charge in [-0.25, -0.2) is 4.98 Å². The van der Waals surface area contributed by atoms with Crippen molar-refractivity contribution in [2.45, 2.75) is 39.5 Å². The van der Waals surface area contributed by atoms with E-state index in [2.05, 4.69) is 26.2 Å². The molecule has 1 aromatic rings. The zero-order valence-corrected chi connectivity index (χ0v) is 13.3. The molecule has 1 rings (SSSR count). The Hall–Kier alpha value is -0.820. The number of nitrogens with zero attached hydrogens (tertiary/aromatic N) is 2. The highest BCUT2D eigenvalue weighted by Crippen LogP contribution is 2.27. The molecule has 0 aliphatic heterocycles. The molecule has 0 unspecified atom stereocenters. The van der Waals surface area contributed by atoms with Crippen molar-refractivity contribution in [3.63, 3.8) is 0 Å². The Morgan fingerprint density at radius 1 is 1.40 bits per heavy atom. The van der Waals surface area contributed by atoms with E-state index in [0.29, 0.717) is 12.4 Å². The van der Waals surface area contributed by atoms with Gasteiger partial charge in [0.15, 0.2) is 0 Å². The summed E-state index contributed by atoms with van der Waals surface area (Å²) in [5.41, 5.74) is 0.749. The van der Waals surface area contributed by atoms with Crippen LogP contribution < -0.4 is 10.2 Å². The van der Waals surface area contributed by atoms with Crippen molar-refractivity contribution in [1.29, 1.82) is 0 Å². The molecular formula is C13H19BrF3N3. The van der Waals surface area contributed by atoms with Gasteiger partial charge in [-0.3, -0.25) is 0 Å². The normalized spacial score (nSPS) is 12.0. The lowest BCUT2D eigenvalue weighted by atomic mass is 10.2. The number of aromatic nitrogens is 1. The Labute approximate surface area is 125 Å². The van der Waals surface area contributed by atoms with Gasteiger partial charge in [0.2, 0.25) is 0 Å². The molecule has 0 aliphatic carbocycles. The van der Waals surface area contributed by atoms with E-state index >= 15 is 0 Å². The minimum absolute atomic E-state index is 0.286. The number of rotatable bonds is 6. The first-order chi connectivity index (χ1) is 9.24. The maximum atomic E-state index is 12.7. The molecule has 0 atom stereocenters. The van der Waals surface area contributed by atoms with Crippen molar-refractivity contribution < 1.29 is 13.2 Å². The fourth-order valence-corrected chi connectivity index (χ4v) is 2.20. The Kier molecular flexibility index (Phi) is 6.26. The van der Waals surface area contributed by atoms with Gasteiger partial charge in [-0.05, 0) is 42.4 Å². The smallest absolute Gasteiger partial charge is 0.345 e. The zero-order chi connectivity index (χ0) is 15.3. The highest BCUT2D eigenvalue weighted by atomic mass is 79.9. The summed E-state index contributed by atoms with van der Waals surface area (Å²) in [5, 5.41) is 3.12. The van der Waals surface area contributed by atoms with Gasteiger partial charge >= 0.3 is 6.18 Å². The van der Waals surface area contributed by atoms with E-state index in [-0.39, 0.29) is 6.04 Å². The van der Waals surface area contributed by atoms with Crippen LogP contribution in [0.5, 0.6) is 0 Å². The molecule has 0 radical (unpaired) electrons. The third-order valence-corrected chi connectivity index (χ3v) is 3.15. The third-order valence-electron chi connectivity index (χ3n) is 2.72. The number of nitrogens with one attached hydrogen (secondary N) is 1. The van der Waals surface area contributed by atoms with E-state index < -0.39 is 12.7 Å². The highest BCUT2D eigenvalue weighted by Gasteiger charge is 2.33. The van der Waals surface area contributed by atoms with Crippen LogP contribution in [0.1, 0.15) is 26.3 Å². The monoisotopic (exact) mass is 353 g/mol. The van der Waals surface area contributed by atoms with Gasteiger partial charge < -0.3 is 10.2 Å². The third kappa shape index (κ3) is 5.28. The van der Waals surface area contributed by atoms with Crippen LogP contribution in [-0.2, 0) is 6.54 Å². The molecule has 1 heterocycles. The van der Waals surface area contributed by atoms with E-state index in [1.807, 2.05) is 6.92 Å². The second kappa shape index (κ2) is 7.26. The average Bonchev–Trinajstić information content (AvgIpc) is 2.32. The standard InChI is InChI=1S/C13H19BrF3N3/c1-4-18-6-10-5-11(14)7-19-12(10)20(9(2)3)8-13(15,16)17/h5,7,9,18H,4,6,8H2,1-3H3. The Morgan fingerprint density at radius 3 is 2.55 bits per heavy atom. The van der Waals surface area contributed by atoms with Crippen molar-refractivity contribution in [3.8, 4) is 0 Å². The molecule has 0 amide bonds. The van der Waals surface area contributed by atoms with Gasteiger partial charge in [-0.2, -0.15) is 13.2 Å². The number of halogens is 4. The largest absolute Gasteiger partial charge is 0.405 e. The lowest BCUT2D eigenvalue weighted by Crippen LogP contribution is -2.40. The van der Waals surface area contributed by atoms with Crippen LogP contribution in [0.2, 0.25) is 0 Å². The van der Waals surface area contributed by atoms with E-state index in [1.165, 1.54) is 11.1 Å². The highest BCUT2D eigenvalue weighted by molar-refractivity contribution is 9.10. The van der Waals surface area contributed by atoms with Gasteiger partial charge in [-0.1, -0.05) is 6.92 Å². The van der Waals surface area contributed by atoms with E-state index in [0.717, 1.165) is 16.6 Å². The van der Waals surface area contributed by atoms with Gasteiger partial charge in [0.25, 0.3) is 0 Å². The average molecular weight is 354 g/mol. The molecule has 20 heavy (non-hydrogen) atoms. The molecule has 0 aliphatic rings. The molecule has 7 heteroatoms. The number of alkyl halides is 3. The molecule has 0 saturated heterocycles. The molecule has 3 nitrogen and oxygen atoms in total. The first-order valence-corrected chi connectivity index (χ1v) is 7.22. The predicted octanol–water partition coefficient (Wildman–Crippen LogP) is 3.73. The van der Waals surface area contributed by atoms with Crippen molar-refractivity contribution >= 4 is 21.7 Å². The topological polar surface area (TPSA) is 28.2 Å². The molecule has 1 N–H and O–H groups in total. The Morgan fingerprint density at radius 2 is 2.05 bits per heavy atom. The van der Waals surface area contributed by atoms with Crippen LogP contribution >= 0.6 is 15.9 Å². The molecule has 1 aromatic heterocycles. The predicted molar refractivity (Wildman–Crippen MR) is 77.9 cm³/mol. The lowest BCUT2D eigenvalue weighted by Gasteiger charge is -2.30. The van der Waals surface area contributed by atoms with Crippen molar-refractivity contribution in [3.05, 3.63) is 22.3 Å². The van der Waals surface area contributed by atoms with Crippen LogP contribution in [0.4, 0.5) is 19.0 Å². The van der Waals surface area contributed by atoms with E-state index in [4.69, 9.17) is 0 Å². The summed E-state index contributed by atoms with van der Waals surface area (Å²) in [6.07, 6.45) is -2.73. The summed E-state index contributed by atoms with van der Waals surface area (Å²) in [4.78, 5) is 5.45. The maximum Gasteiger partial charge on any atom is 0.405 e. The van der Waals surface area contributed by atoms with Crippen LogP contribution in [0.3, 0.4) is 0 Å². The Balaban J connectivity index is 3.11.